The van der Waals surface area contributed by atoms with Crippen LogP contribution in [0, 0.1) is 13.8 Å². The van der Waals surface area contributed by atoms with Gasteiger partial charge in [0, 0.05) is 25.8 Å². The molecule has 16 heavy (non-hydrogen) atoms. The smallest absolute Gasteiger partial charge is 0.150 e. The van der Waals surface area contributed by atoms with Gasteiger partial charge in [0.2, 0.25) is 0 Å². The van der Waals surface area contributed by atoms with Gasteiger partial charge in [0.25, 0.3) is 0 Å². The second kappa shape index (κ2) is 6.43. The normalized spacial score (nSPS) is 10.5. The van der Waals surface area contributed by atoms with E-state index in [4.69, 9.17) is 5.73 Å². The summed E-state index contributed by atoms with van der Waals surface area (Å²) in [6.07, 6.45) is 4.15. The zero-order valence-electron chi connectivity index (χ0n) is 10.5. The molecule has 0 fully saturated rings. The van der Waals surface area contributed by atoms with E-state index in [0.29, 0.717) is 6.54 Å². The summed E-state index contributed by atoms with van der Waals surface area (Å²) in [6.45, 7) is 8.66. The van der Waals surface area contributed by atoms with Crippen molar-refractivity contribution in [2.75, 3.05) is 24.5 Å². The van der Waals surface area contributed by atoms with Gasteiger partial charge >= 0.3 is 0 Å². The van der Waals surface area contributed by atoms with Crippen molar-refractivity contribution in [2.45, 2.75) is 33.6 Å². The number of unbranched alkanes of at least 4 members (excludes halogenated alkanes) is 1. The summed E-state index contributed by atoms with van der Waals surface area (Å²) in [7, 11) is 0. The molecule has 0 aliphatic heterocycles. The molecule has 90 valence electrons. The number of aryl methyl sites for hydroxylation is 2. The minimum atomic E-state index is 0.652. The molecule has 1 aromatic rings. The van der Waals surface area contributed by atoms with Gasteiger partial charge in [-0.05, 0) is 20.3 Å². The zero-order valence-corrected chi connectivity index (χ0v) is 10.5. The lowest BCUT2D eigenvalue weighted by atomic mass is 10.3. The number of rotatable bonds is 6. The van der Waals surface area contributed by atoms with Gasteiger partial charge in [-0.3, -0.25) is 4.98 Å². The lowest BCUT2D eigenvalue weighted by Crippen LogP contribution is -2.32. The molecule has 4 nitrogen and oxygen atoms in total. The van der Waals surface area contributed by atoms with E-state index in [2.05, 4.69) is 21.8 Å². The van der Waals surface area contributed by atoms with E-state index in [0.717, 1.165) is 36.7 Å². The molecule has 1 heterocycles. The van der Waals surface area contributed by atoms with Crippen molar-refractivity contribution in [1.82, 2.24) is 9.97 Å². The Morgan fingerprint density at radius 2 is 2.06 bits per heavy atom. The highest BCUT2D eigenvalue weighted by atomic mass is 15.2. The summed E-state index contributed by atoms with van der Waals surface area (Å²) >= 11 is 0. The van der Waals surface area contributed by atoms with Crippen molar-refractivity contribution in [3.05, 3.63) is 17.6 Å². The minimum absolute atomic E-state index is 0.652. The molecule has 0 amide bonds. The van der Waals surface area contributed by atoms with Gasteiger partial charge < -0.3 is 10.6 Å². The lowest BCUT2D eigenvalue weighted by molar-refractivity contribution is 0.701. The summed E-state index contributed by atoms with van der Waals surface area (Å²) < 4.78 is 0. The SMILES string of the molecule is CCCCN(CCN)c1nc(C)cnc1C. The fraction of sp³-hybridized carbons (Fsp3) is 0.667. The Hall–Kier alpha value is -1.16. The van der Waals surface area contributed by atoms with Crippen LogP contribution in [0.4, 0.5) is 5.82 Å². The van der Waals surface area contributed by atoms with Gasteiger partial charge in [0.05, 0.1) is 11.4 Å². The molecule has 0 saturated heterocycles. The molecule has 0 atom stereocenters. The summed E-state index contributed by atoms with van der Waals surface area (Å²) in [5, 5.41) is 0. The number of aromatic nitrogens is 2. The van der Waals surface area contributed by atoms with Gasteiger partial charge in [-0.2, -0.15) is 0 Å². The van der Waals surface area contributed by atoms with Crippen LogP contribution in [0.1, 0.15) is 31.2 Å². The Morgan fingerprint density at radius 3 is 2.69 bits per heavy atom. The molecule has 4 heteroatoms. The van der Waals surface area contributed by atoms with Crippen molar-refractivity contribution in [1.29, 1.82) is 0 Å². The van der Waals surface area contributed by atoms with Crippen LogP contribution in [0.15, 0.2) is 6.20 Å². The highest BCUT2D eigenvalue weighted by Crippen LogP contribution is 2.15. The average Bonchev–Trinajstić information content (AvgIpc) is 2.28. The molecule has 0 bridgehead atoms. The maximum Gasteiger partial charge on any atom is 0.150 e. The minimum Gasteiger partial charge on any atom is -0.354 e. The van der Waals surface area contributed by atoms with Crippen LogP contribution in [0.25, 0.3) is 0 Å². The van der Waals surface area contributed by atoms with Gasteiger partial charge in [0.15, 0.2) is 0 Å². The second-order valence-corrected chi connectivity index (χ2v) is 4.05. The van der Waals surface area contributed by atoms with E-state index in [1.807, 2.05) is 13.8 Å². The van der Waals surface area contributed by atoms with E-state index in [9.17, 15) is 0 Å². The van der Waals surface area contributed by atoms with Gasteiger partial charge in [-0.25, -0.2) is 4.98 Å². The van der Waals surface area contributed by atoms with E-state index < -0.39 is 0 Å². The number of hydrogen-bond donors (Lipinski definition) is 1. The molecule has 0 aliphatic rings. The van der Waals surface area contributed by atoms with E-state index in [1.54, 1.807) is 6.20 Å². The molecule has 0 spiro atoms. The predicted octanol–water partition coefficient (Wildman–Crippen LogP) is 1.66. The molecular formula is C12H22N4. The van der Waals surface area contributed by atoms with Crippen molar-refractivity contribution < 1.29 is 0 Å². The Morgan fingerprint density at radius 1 is 1.31 bits per heavy atom. The van der Waals surface area contributed by atoms with Gasteiger partial charge in [0.1, 0.15) is 5.82 Å². The third kappa shape index (κ3) is 3.45. The highest BCUT2D eigenvalue weighted by Gasteiger charge is 2.10. The summed E-state index contributed by atoms with van der Waals surface area (Å²) in [5.41, 5.74) is 7.58. The molecule has 0 aliphatic carbocycles. The first kappa shape index (κ1) is 12.9. The van der Waals surface area contributed by atoms with Crippen molar-refractivity contribution in [2.24, 2.45) is 5.73 Å². The highest BCUT2D eigenvalue weighted by molar-refractivity contribution is 5.43. The van der Waals surface area contributed by atoms with Crippen molar-refractivity contribution in [3.8, 4) is 0 Å². The third-order valence-electron chi connectivity index (χ3n) is 2.53. The van der Waals surface area contributed by atoms with Crippen molar-refractivity contribution in [3.63, 3.8) is 0 Å². The summed E-state index contributed by atoms with van der Waals surface area (Å²) in [6, 6.07) is 0. The number of anilines is 1. The molecule has 0 unspecified atom stereocenters. The number of nitrogens with zero attached hydrogens (tertiary/aromatic N) is 3. The van der Waals surface area contributed by atoms with Crippen LogP contribution in [0.5, 0.6) is 0 Å². The zero-order chi connectivity index (χ0) is 12.0. The average molecular weight is 222 g/mol. The Kier molecular flexibility index (Phi) is 5.19. The summed E-state index contributed by atoms with van der Waals surface area (Å²) in [4.78, 5) is 11.1. The largest absolute Gasteiger partial charge is 0.354 e. The monoisotopic (exact) mass is 222 g/mol. The molecule has 0 radical (unpaired) electrons. The molecule has 0 saturated carbocycles. The van der Waals surface area contributed by atoms with E-state index in [1.165, 1.54) is 6.42 Å². The second-order valence-electron chi connectivity index (χ2n) is 4.05. The molecule has 1 aromatic heterocycles. The maximum atomic E-state index is 5.64. The summed E-state index contributed by atoms with van der Waals surface area (Å²) in [5.74, 6) is 0.985. The molecule has 1 rings (SSSR count). The van der Waals surface area contributed by atoms with Gasteiger partial charge in [-0.15, -0.1) is 0 Å². The topological polar surface area (TPSA) is 55.0 Å². The predicted molar refractivity (Wildman–Crippen MR) is 67.7 cm³/mol. The fourth-order valence-corrected chi connectivity index (χ4v) is 1.65. The van der Waals surface area contributed by atoms with Crippen molar-refractivity contribution >= 4 is 5.82 Å². The van der Waals surface area contributed by atoms with Gasteiger partial charge in [-0.1, -0.05) is 13.3 Å². The Bertz CT molecular complexity index is 325. The van der Waals surface area contributed by atoms with Crippen LogP contribution in [-0.4, -0.2) is 29.6 Å². The number of nitrogens with two attached hydrogens (primary N) is 1. The van der Waals surface area contributed by atoms with E-state index >= 15 is 0 Å². The first-order valence-electron chi connectivity index (χ1n) is 5.94. The Labute approximate surface area is 97.9 Å². The standard InChI is InChI=1S/C12H22N4/c1-4-5-7-16(8-6-13)12-11(3)14-9-10(2)15-12/h9H,4-8,13H2,1-3H3. The Balaban J connectivity index is 2.85. The van der Waals surface area contributed by atoms with Crippen LogP contribution in [0.2, 0.25) is 0 Å². The van der Waals surface area contributed by atoms with E-state index in [-0.39, 0.29) is 0 Å². The van der Waals surface area contributed by atoms with Crippen LogP contribution in [-0.2, 0) is 0 Å². The van der Waals surface area contributed by atoms with Crippen LogP contribution >= 0.6 is 0 Å². The lowest BCUT2D eigenvalue weighted by Gasteiger charge is -2.24. The number of hydrogen-bond acceptors (Lipinski definition) is 4. The molecule has 0 aromatic carbocycles. The first-order valence-corrected chi connectivity index (χ1v) is 5.94. The molecular weight excluding hydrogens is 200 g/mol. The van der Waals surface area contributed by atoms with Crippen LogP contribution < -0.4 is 10.6 Å². The molecule has 2 N–H and O–H groups in total. The van der Waals surface area contributed by atoms with Crippen LogP contribution in [0.3, 0.4) is 0 Å². The fourth-order valence-electron chi connectivity index (χ4n) is 1.65. The maximum absolute atomic E-state index is 5.64. The quantitative estimate of drug-likeness (QED) is 0.795. The first-order chi connectivity index (χ1) is 7.69. The third-order valence-corrected chi connectivity index (χ3v) is 2.53.